The summed E-state index contributed by atoms with van der Waals surface area (Å²) in [5, 5.41) is 7.24. The van der Waals surface area contributed by atoms with Crippen molar-refractivity contribution in [2.24, 2.45) is 5.10 Å². The predicted octanol–water partition coefficient (Wildman–Crippen LogP) is 5.41. The van der Waals surface area contributed by atoms with Crippen molar-refractivity contribution in [1.82, 2.24) is 5.01 Å². The van der Waals surface area contributed by atoms with Gasteiger partial charge >= 0.3 is 0 Å². The minimum Gasteiger partial charge on any atom is -0.497 e. The third kappa shape index (κ3) is 3.55. The fourth-order valence-electron chi connectivity index (χ4n) is 4.05. The van der Waals surface area contributed by atoms with Crippen LogP contribution in [-0.2, 0) is 0 Å². The second-order valence-corrected chi connectivity index (χ2v) is 8.19. The van der Waals surface area contributed by atoms with E-state index < -0.39 is 6.23 Å². The lowest BCUT2D eigenvalue weighted by Gasteiger charge is -2.37. The molecule has 156 valence electrons. The van der Waals surface area contributed by atoms with Gasteiger partial charge in [0.05, 0.1) is 18.9 Å². The van der Waals surface area contributed by atoms with Gasteiger partial charge in [-0.3, -0.25) is 4.79 Å². The number of carbonyl (C=O) groups excluding carboxylic acids is 1. The summed E-state index contributed by atoms with van der Waals surface area (Å²) in [4.78, 5) is 13.4. The molecule has 3 aromatic carbocycles. The fourth-order valence-corrected chi connectivity index (χ4v) is 4.23. The number of hydrogen-bond acceptors (Lipinski definition) is 5. The lowest BCUT2D eigenvalue weighted by molar-refractivity contribution is -0.00455. The van der Waals surface area contributed by atoms with E-state index in [0.717, 1.165) is 28.2 Å². The van der Waals surface area contributed by atoms with Gasteiger partial charge in [0.1, 0.15) is 11.5 Å². The molecule has 0 spiro atoms. The Morgan fingerprint density at radius 1 is 1.10 bits per heavy atom. The molecule has 31 heavy (non-hydrogen) atoms. The van der Waals surface area contributed by atoms with Crippen LogP contribution in [0.25, 0.3) is 0 Å². The molecule has 0 bridgehead atoms. The molecule has 0 saturated heterocycles. The Balaban J connectivity index is 1.55. The molecule has 0 radical (unpaired) electrons. The Bertz CT molecular complexity index is 1170. The summed E-state index contributed by atoms with van der Waals surface area (Å²) >= 11 is 6.27. The molecule has 0 aliphatic carbocycles. The van der Waals surface area contributed by atoms with E-state index in [1.165, 1.54) is 0 Å². The number of rotatable bonds is 4. The third-order valence-electron chi connectivity index (χ3n) is 5.74. The summed E-state index contributed by atoms with van der Waals surface area (Å²) in [7, 11) is 1.64. The Kier molecular flexibility index (Phi) is 4.91. The molecule has 2 heterocycles. The molecule has 6 heteroatoms. The Labute approximate surface area is 185 Å². The number of nitrogens with zero attached hydrogens (tertiary/aromatic N) is 2. The molecular formula is C25H21ClN2O3. The highest BCUT2D eigenvalue weighted by Gasteiger charge is 2.43. The summed E-state index contributed by atoms with van der Waals surface area (Å²) in [5.41, 5.74) is 4.51. The maximum atomic E-state index is 13.4. The standard InChI is InChI=1S/C25H21ClN2O3/c1-15-3-5-17(6-4-15)24(29)25-28-22(20-13-18(26)9-12-23(20)31-25)14-21(27-28)16-7-10-19(30-2)11-8-16/h3-13,22,25H,14H2,1-2H3/t22-,25+/m1/s1. The third-order valence-corrected chi connectivity index (χ3v) is 5.97. The van der Waals surface area contributed by atoms with Gasteiger partial charge < -0.3 is 9.47 Å². The summed E-state index contributed by atoms with van der Waals surface area (Å²) in [5.74, 6) is 1.33. The van der Waals surface area contributed by atoms with Crippen molar-refractivity contribution >= 4 is 23.1 Å². The van der Waals surface area contributed by atoms with Crippen LogP contribution in [-0.4, -0.2) is 29.8 Å². The van der Waals surface area contributed by atoms with E-state index in [4.69, 9.17) is 26.2 Å². The second-order valence-electron chi connectivity index (χ2n) is 7.76. The summed E-state index contributed by atoms with van der Waals surface area (Å²) < 4.78 is 11.4. The fraction of sp³-hybridized carbons (Fsp3) is 0.200. The lowest BCUT2D eigenvalue weighted by Crippen LogP contribution is -2.45. The van der Waals surface area contributed by atoms with Crippen molar-refractivity contribution in [3.05, 3.63) is 94.0 Å². The number of methoxy groups -OCH3 is 1. The maximum absolute atomic E-state index is 13.4. The molecule has 3 aromatic rings. The van der Waals surface area contributed by atoms with E-state index in [0.29, 0.717) is 22.8 Å². The quantitative estimate of drug-likeness (QED) is 0.517. The molecule has 0 saturated carbocycles. The first-order valence-electron chi connectivity index (χ1n) is 10.1. The number of ether oxygens (including phenoxy) is 2. The van der Waals surface area contributed by atoms with Crippen molar-refractivity contribution < 1.29 is 14.3 Å². The van der Waals surface area contributed by atoms with Crippen molar-refractivity contribution in [2.75, 3.05) is 7.11 Å². The SMILES string of the molecule is COc1ccc(C2=NN3[C@H](C2)c2cc(Cl)ccc2O[C@H]3C(=O)c2ccc(C)cc2)cc1. The summed E-state index contributed by atoms with van der Waals surface area (Å²) in [6.07, 6.45) is -0.183. The maximum Gasteiger partial charge on any atom is 0.251 e. The predicted molar refractivity (Wildman–Crippen MR) is 120 cm³/mol. The van der Waals surface area contributed by atoms with Crippen LogP contribution in [0.5, 0.6) is 11.5 Å². The molecule has 2 aliphatic rings. The van der Waals surface area contributed by atoms with E-state index in [9.17, 15) is 4.79 Å². The minimum atomic E-state index is -0.836. The Hall–Kier alpha value is -3.31. The van der Waals surface area contributed by atoms with Crippen LogP contribution in [0.15, 0.2) is 71.8 Å². The zero-order chi connectivity index (χ0) is 21.5. The van der Waals surface area contributed by atoms with Crippen LogP contribution < -0.4 is 9.47 Å². The van der Waals surface area contributed by atoms with Crippen LogP contribution in [0.3, 0.4) is 0 Å². The Morgan fingerprint density at radius 3 is 2.55 bits per heavy atom. The van der Waals surface area contributed by atoms with Crippen LogP contribution in [0.2, 0.25) is 5.02 Å². The molecule has 0 unspecified atom stereocenters. The summed E-state index contributed by atoms with van der Waals surface area (Å²) in [6, 6.07) is 20.7. The number of fused-ring (bicyclic) bond motifs is 3. The van der Waals surface area contributed by atoms with Gasteiger partial charge in [0, 0.05) is 22.6 Å². The van der Waals surface area contributed by atoms with E-state index in [1.807, 2.05) is 67.6 Å². The second kappa shape index (κ2) is 7.75. The first kappa shape index (κ1) is 19.6. The van der Waals surface area contributed by atoms with E-state index in [1.54, 1.807) is 18.2 Å². The smallest absolute Gasteiger partial charge is 0.251 e. The van der Waals surface area contributed by atoms with Gasteiger partial charge in [-0.05, 0) is 55.0 Å². The average molecular weight is 433 g/mol. The number of hydrazone groups is 1. The first-order valence-corrected chi connectivity index (χ1v) is 10.5. The largest absolute Gasteiger partial charge is 0.497 e. The van der Waals surface area contributed by atoms with Crippen LogP contribution >= 0.6 is 11.6 Å². The van der Waals surface area contributed by atoms with Crippen LogP contribution in [0.4, 0.5) is 0 Å². The van der Waals surface area contributed by atoms with Gasteiger partial charge in [-0.1, -0.05) is 41.4 Å². The molecular weight excluding hydrogens is 412 g/mol. The van der Waals surface area contributed by atoms with Gasteiger partial charge in [0.25, 0.3) is 6.23 Å². The minimum absolute atomic E-state index is 0.120. The highest BCUT2D eigenvalue weighted by atomic mass is 35.5. The number of ketones is 1. The molecule has 2 aliphatic heterocycles. The van der Waals surface area contributed by atoms with E-state index in [-0.39, 0.29) is 11.8 Å². The summed E-state index contributed by atoms with van der Waals surface area (Å²) in [6.45, 7) is 1.99. The monoisotopic (exact) mass is 432 g/mol. The normalized spacial score (nSPS) is 19.2. The average Bonchev–Trinajstić information content (AvgIpc) is 3.24. The number of aryl methyl sites for hydroxylation is 1. The molecule has 0 aromatic heterocycles. The highest BCUT2D eigenvalue weighted by molar-refractivity contribution is 6.30. The number of carbonyl (C=O) groups is 1. The molecule has 0 amide bonds. The van der Waals surface area contributed by atoms with Crippen molar-refractivity contribution in [3.63, 3.8) is 0 Å². The topological polar surface area (TPSA) is 51.1 Å². The van der Waals surface area contributed by atoms with E-state index >= 15 is 0 Å². The number of hydrogen-bond donors (Lipinski definition) is 0. The van der Waals surface area contributed by atoms with Crippen molar-refractivity contribution in [3.8, 4) is 11.5 Å². The first-order chi connectivity index (χ1) is 15.0. The molecule has 0 fully saturated rings. The van der Waals surface area contributed by atoms with Crippen molar-refractivity contribution in [2.45, 2.75) is 25.6 Å². The molecule has 2 atom stereocenters. The zero-order valence-corrected chi connectivity index (χ0v) is 18.0. The molecule has 5 nitrogen and oxygen atoms in total. The van der Waals surface area contributed by atoms with Gasteiger partial charge in [-0.15, -0.1) is 0 Å². The van der Waals surface area contributed by atoms with Crippen LogP contribution in [0.1, 0.15) is 39.5 Å². The number of Topliss-reactive ketones (excluding diaryl/α,β-unsaturated/α-hetero) is 1. The number of benzene rings is 3. The van der Waals surface area contributed by atoms with Gasteiger partial charge in [-0.2, -0.15) is 5.10 Å². The van der Waals surface area contributed by atoms with Gasteiger partial charge in [0.15, 0.2) is 0 Å². The van der Waals surface area contributed by atoms with Gasteiger partial charge in [0.2, 0.25) is 5.78 Å². The zero-order valence-electron chi connectivity index (χ0n) is 17.2. The molecule has 5 rings (SSSR count). The van der Waals surface area contributed by atoms with Crippen LogP contribution in [0, 0.1) is 6.92 Å². The van der Waals surface area contributed by atoms with E-state index in [2.05, 4.69) is 0 Å². The van der Waals surface area contributed by atoms with Gasteiger partial charge in [-0.25, -0.2) is 5.01 Å². The number of halogens is 1. The highest BCUT2D eigenvalue weighted by Crippen LogP contribution is 2.44. The molecule has 0 N–H and O–H groups in total. The lowest BCUT2D eigenvalue weighted by atomic mass is 9.95. The Morgan fingerprint density at radius 2 is 1.84 bits per heavy atom. The van der Waals surface area contributed by atoms with Crippen molar-refractivity contribution in [1.29, 1.82) is 0 Å².